The van der Waals surface area contributed by atoms with Crippen LogP contribution in [-0.2, 0) is 0 Å². The Bertz CT molecular complexity index is 680. The Balaban J connectivity index is 2.37. The van der Waals surface area contributed by atoms with Gasteiger partial charge in [-0.3, -0.25) is 10.1 Å². The normalized spacial score (nSPS) is 10.2. The van der Waals surface area contributed by atoms with Crippen LogP contribution in [0, 0.1) is 10.1 Å². The Morgan fingerprint density at radius 2 is 2.05 bits per heavy atom. The van der Waals surface area contributed by atoms with Crippen molar-refractivity contribution >= 4 is 34.7 Å². The molecule has 0 aliphatic rings. The number of nitrogens with one attached hydrogen (secondary N) is 1. The van der Waals surface area contributed by atoms with Gasteiger partial charge in [0.2, 0.25) is 0 Å². The number of pyridine rings is 1. The van der Waals surface area contributed by atoms with E-state index in [4.69, 9.17) is 27.9 Å². The lowest BCUT2D eigenvalue weighted by Crippen LogP contribution is -2.02. The van der Waals surface area contributed by atoms with Gasteiger partial charge in [0.25, 0.3) is 0 Å². The van der Waals surface area contributed by atoms with E-state index in [0.717, 1.165) is 0 Å². The smallest absolute Gasteiger partial charge is 0.331 e. The van der Waals surface area contributed by atoms with Gasteiger partial charge in [0, 0.05) is 18.7 Å². The van der Waals surface area contributed by atoms with Crippen molar-refractivity contribution in [1.82, 2.24) is 4.98 Å². The van der Waals surface area contributed by atoms with Gasteiger partial charge in [-0.25, -0.2) is 0 Å². The van der Waals surface area contributed by atoms with E-state index in [1.54, 1.807) is 12.1 Å². The van der Waals surface area contributed by atoms with E-state index >= 15 is 0 Å². The van der Waals surface area contributed by atoms with E-state index in [0.29, 0.717) is 28.2 Å². The van der Waals surface area contributed by atoms with Crippen LogP contribution in [0.1, 0.15) is 6.92 Å². The number of ether oxygens (including phenoxy) is 1. The van der Waals surface area contributed by atoms with Crippen LogP contribution in [0.25, 0.3) is 0 Å². The summed E-state index contributed by atoms with van der Waals surface area (Å²) in [6.07, 6.45) is 0. The lowest BCUT2D eigenvalue weighted by molar-refractivity contribution is -0.386. The van der Waals surface area contributed by atoms with Crippen LogP contribution < -0.4 is 10.1 Å². The van der Waals surface area contributed by atoms with Gasteiger partial charge < -0.3 is 10.1 Å². The average Bonchev–Trinajstić information content (AvgIpc) is 2.43. The average molecular weight is 328 g/mol. The Hall–Kier alpha value is -2.05. The van der Waals surface area contributed by atoms with E-state index in [-0.39, 0.29) is 11.6 Å². The molecule has 1 aromatic carbocycles. The molecule has 0 aliphatic carbocycles. The van der Waals surface area contributed by atoms with E-state index in [1.807, 2.05) is 6.92 Å². The molecule has 0 unspecified atom stereocenters. The Labute approximate surface area is 130 Å². The molecule has 110 valence electrons. The van der Waals surface area contributed by atoms with Crippen LogP contribution in [0.3, 0.4) is 0 Å². The molecule has 21 heavy (non-hydrogen) atoms. The number of hydrogen-bond donors (Lipinski definition) is 1. The van der Waals surface area contributed by atoms with Gasteiger partial charge in [-0.1, -0.05) is 23.2 Å². The summed E-state index contributed by atoms with van der Waals surface area (Å²) in [5.74, 6) is 0.684. The molecule has 2 aromatic rings. The van der Waals surface area contributed by atoms with Crippen LogP contribution in [0.4, 0.5) is 11.5 Å². The van der Waals surface area contributed by atoms with Crippen LogP contribution >= 0.6 is 23.2 Å². The number of nitrogens with zero attached hydrogens (tertiary/aromatic N) is 2. The highest BCUT2D eigenvalue weighted by Gasteiger charge is 2.18. The first-order valence-electron chi connectivity index (χ1n) is 6.03. The molecule has 1 aromatic heterocycles. The topological polar surface area (TPSA) is 77.3 Å². The summed E-state index contributed by atoms with van der Waals surface area (Å²) in [4.78, 5) is 14.5. The first-order chi connectivity index (χ1) is 10.0. The fraction of sp³-hybridized carbons (Fsp3) is 0.154. The minimum absolute atomic E-state index is 0.114. The summed E-state index contributed by atoms with van der Waals surface area (Å²) >= 11 is 11.7. The van der Waals surface area contributed by atoms with E-state index < -0.39 is 4.92 Å². The highest BCUT2D eigenvalue weighted by atomic mass is 35.5. The zero-order valence-corrected chi connectivity index (χ0v) is 12.5. The Morgan fingerprint density at radius 1 is 1.29 bits per heavy atom. The monoisotopic (exact) mass is 327 g/mol. The summed E-state index contributed by atoms with van der Waals surface area (Å²) in [6.45, 7) is 2.53. The van der Waals surface area contributed by atoms with Gasteiger partial charge in [0.05, 0.1) is 15.0 Å². The number of hydrogen-bond acceptors (Lipinski definition) is 5. The molecule has 2 rings (SSSR count). The van der Waals surface area contributed by atoms with E-state index in [1.165, 1.54) is 18.2 Å². The molecule has 0 spiro atoms. The first kappa shape index (κ1) is 15.3. The zero-order chi connectivity index (χ0) is 15.4. The maximum atomic E-state index is 11.0. The molecule has 0 atom stereocenters. The molecule has 1 N–H and O–H groups in total. The van der Waals surface area contributed by atoms with Gasteiger partial charge in [-0.15, -0.1) is 0 Å². The van der Waals surface area contributed by atoms with Crippen molar-refractivity contribution in [1.29, 1.82) is 0 Å². The summed E-state index contributed by atoms with van der Waals surface area (Å²) in [6, 6.07) is 7.41. The standard InChI is InChI=1S/C13H11Cl2N3O3/c1-2-16-12-6-5-11(18(19)20)13(17-12)21-8-3-4-9(14)10(15)7-8/h3-7H,2H2,1H3,(H,16,17). The third-order valence-corrected chi connectivity index (χ3v) is 3.24. The summed E-state index contributed by atoms with van der Waals surface area (Å²) in [5, 5.41) is 14.6. The molecule has 0 aliphatic heterocycles. The minimum atomic E-state index is -0.560. The maximum absolute atomic E-state index is 11.0. The molecule has 0 fully saturated rings. The van der Waals surface area contributed by atoms with Crippen LogP contribution in [0.5, 0.6) is 11.6 Å². The Morgan fingerprint density at radius 3 is 2.67 bits per heavy atom. The largest absolute Gasteiger partial charge is 0.434 e. The SMILES string of the molecule is CCNc1ccc([N+](=O)[O-])c(Oc2ccc(Cl)c(Cl)c2)n1. The quantitative estimate of drug-likeness (QED) is 0.645. The van der Waals surface area contributed by atoms with Crippen LogP contribution in [0.2, 0.25) is 10.0 Å². The van der Waals surface area contributed by atoms with E-state index in [9.17, 15) is 10.1 Å². The zero-order valence-electron chi connectivity index (χ0n) is 11.0. The number of anilines is 1. The van der Waals surface area contributed by atoms with Crippen molar-refractivity contribution in [2.45, 2.75) is 6.92 Å². The maximum Gasteiger partial charge on any atom is 0.331 e. The van der Waals surface area contributed by atoms with Gasteiger partial charge in [-0.05, 0) is 25.1 Å². The Kier molecular flexibility index (Phi) is 4.82. The highest BCUT2D eigenvalue weighted by Crippen LogP contribution is 2.33. The highest BCUT2D eigenvalue weighted by molar-refractivity contribution is 6.42. The van der Waals surface area contributed by atoms with Crippen molar-refractivity contribution in [3.05, 3.63) is 50.5 Å². The molecule has 0 radical (unpaired) electrons. The number of aromatic nitrogens is 1. The van der Waals surface area contributed by atoms with Gasteiger partial charge >= 0.3 is 11.6 Å². The van der Waals surface area contributed by atoms with Crippen LogP contribution in [-0.4, -0.2) is 16.5 Å². The van der Waals surface area contributed by atoms with Crippen molar-refractivity contribution in [2.24, 2.45) is 0 Å². The lowest BCUT2D eigenvalue weighted by Gasteiger charge is -2.08. The predicted octanol–water partition coefficient (Wildman–Crippen LogP) is 4.52. The van der Waals surface area contributed by atoms with Crippen molar-refractivity contribution in [2.75, 3.05) is 11.9 Å². The molecule has 0 saturated carbocycles. The van der Waals surface area contributed by atoms with Crippen molar-refractivity contribution in [3.63, 3.8) is 0 Å². The summed E-state index contributed by atoms with van der Waals surface area (Å²) in [5.41, 5.74) is -0.234. The summed E-state index contributed by atoms with van der Waals surface area (Å²) in [7, 11) is 0. The van der Waals surface area contributed by atoms with Crippen molar-refractivity contribution < 1.29 is 9.66 Å². The molecular weight excluding hydrogens is 317 g/mol. The molecule has 1 heterocycles. The van der Waals surface area contributed by atoms with Gasteiger partial charge in [0.15, 0.2) is 0 Å². The minimum Gasteiger partial charge on any atom is -0.434 e. The summed E-state index contributed by atoms with van der Waals surface area (Å²) < 4.78 is 5.46. The third-order valence-electron chi connectivity index (χ3n) is 2.50. The van der Waals surface area contributed by atoms with E-state index in [2.05, 4.69) is 10.3 Å². The molecule has 8 heteroatoms. The van der Waals surface area contributed by atoms with Crippen molar-refractivity contribution in [3.8, 4) is 11.6 Å². The second kappa shape index (κ2) is 6.60. The molecule has 0 saturated heterocycles. The first-order valence-corrected chi connectivity index (χ1v) is 6.79. The molecule has 0 amide bonds. The molecule has 6 nitrogen and oxygen atoms in total. The second-order valence-corrected chi connectivity index (χ2v) is 4.80. The fourth-order valence-corrected chi connectivity index (χ4v) is 1.87. The van der Waals surface area contributed by atoms with Gasteiger partial charge in [0.1, 0.15) is 11.6 Å². The number of halogens is 2. The predicted molar refractivity (Wildman–Crippen MR) is 81.6 cm³/mol. The number of benzene rings is 1. The lowest BCUT2D eigenvalue weighted by atomic mass is 10.3. The second-order valence-electron chi connectivity index (χ2n) is 3.99. The van der Waals surface area contributed by atoms with Crippen LogP contribution in [0.15, 0.2) is 30.3 Å². The fourth-order valence-electron chi connectivity index (χ4n) is 1.58. The number of rotatable bonds is 5. The third kappa shape index (κ3) is 3.74. The van der Waals surface area contributed by atoms with Gasteiger partial charge in [-0.2, -0.15) is 4.98 Å². The molecule has 0 bridgehead atoms. The molecular formula is C13H11Cl2N3O3. The number of nitro groups is 1.